The Labute approximate surface area is 130 Å². The monoisotopic (exact) mass is 285 g/mol. The van der Waals surface area contributed by atoms with Crippen molar-refractivity contribution in [1.82, 2.24) is 5.32 Å². The van der Waals surface area contributed by atoms with Crippen LogP contribution in [0.5, 0.6) is 0 Å². The van der Waals surface area contributed by atoms with Crippen molar-refractivity contribution in [1.29, 1.82) is 0 Å². The second kappa shape index (κ2) is 7.45. The van der Waals surface area contributed by atoms with Crippen LogP contribution in [0, 0.1) is 5.92 Å². The normalized spacial score (nSPS) is 33.8. The highest BCUT2D eigenvalue weighted by Gasteiger charge is 2.28. The van der Waals surface area contributed by atoms with Gasteiger partial charge in [0.05, 0.1) is 0 Å². The molecule has 3 rings (SSSR count). The van der Waals surface area contributed by atoms with E-state index in [1.165, 1.54) is 57.8 Å². The van der Waals surface area contributed by atoms with Crippen molar-refractivity contribution in [3.05, 3.63) is 35.9 Å². The Morgan fingerprint density at radius 2 is 1.62 bits per heavy atom. The molecule has 1 nitrogen and oxygen atoms in total. The number of hydrogen-bond acceptors (Lipinski definition) is 1. The maximum absolute atomic E-state index is 4.03. The number of hydrogen-bond donors (Lipinski definition) is 1. The third-order valence-corrected chi connectivity index (χ3v) is 5.88. The second-order valence-electron chi connectivity index (χ2n) is 7.19. The lowest BCUT2D eigenvalue weighted by Crippen LogP contribution is -2.45. The van der Waals surface area contributed by atoms with Crippen molar-refractivity contribution >= 4 is 0 Å². The zero-order valence-electron chi connectivity index (χ0n) is 13.6. The molecule has 1 aromatic carbocycles. The minimum atomic E-state index is 0.780. The van der Waals surface area contributed by atoms with E-state index in [0.717, 1.165) is 23.9 Å². The molecule has 2 fully saturated rings. The van der Waals surface area contributed by atoms with E-state index < -0.39 is 0 Å². The Hall–Kier alpha value is -0.820. The first-order chi connectivity index (χ1) is 10.4. The van der Waals surface area contributed by atoms with Crippen LogP contribution in [-0.2, 0) is 0 Å². The summed E-state index contributed by atoms with van der Waals surface area (Å²) in [5.74, 6) is 1.74. The molecule has 0 bridgehead atoms. The highest BCUT2D eigenvalue weighted by molar-refractivity contribution is 5.20. The third-order valence-electron chi connectivity index (χ3n) is 5.88. The Bertz CT molecular complexity index is 405. The van der Waals surface area contributed by atoms with E-state index in [2.05, 4.69) is 42.6 Å². The summed E-state index contributed by atoms with van der Waals surface area (Å²) in [5, 5.41) is 4.03. The first kappa shape index (κ1) is 15.1. The van der Waals surface area contributed by atoms with Crippen molar-refractivity contribution in [2.75, 3.05) is 0 Å². The van der Waals surface area contributed by atoms with Gasteiger partial charge in [0.15, 0.2) is 0 Å². The maximum Gasteiger partial charge on any atom is 0.00978 e. The van der Waals surface area contributed by atoms with Crippen LogP contribution >= 0.6 is 0 Å². The van der Waals surface area contributed by atoms with Crippen molar-refractivity contribution in [3.63, 3.8) is 0 Å². The lowest BCUT2D eigenvalue weighted by molar-refractivity contribution is 0.213. The zero-order valence-corrected chi connectivity index (χ0v) is 13.6. The molecule has 2 saturated carbocycles. The fourth-order valence-electron chi connectivity index (χ4n) is 4.54. The van der Waals surface area contributed by atoms with E-state index in [1.807, 2.05) is 0 Å². The fourth-order valence-corrected chi connectivity index (χ4v) is 4.54. The highest BCUT2D eigenvalue weighted by Crippen LogP contribution is 2.34. The van der Waals surface area contributed by atoms with Gasteiger partial charge in [-0.2, -0.15) is 0 Å². The lowest BCUT2D eigenvalue weighted by atomic mass is 9.79. The molecule has 1 heteroatoms. The predicted octanol–water partition coefficient (Wildman–Crippen LogP) is 5.27. The second-order valence-corrected chi connectivity index (χ2v) is 7.19. The minimum absolute atomic E-state index is 0.780. The van der Waals surface area contributed by atoms with Crippen LogP contribution < -0.4 is 5.32 Å². The molecule has 0 saturated heterocycles. The van der Waals surface area contributed by atoms with Crippen LogP contribution in [0.15, 0.2) is 30.3 Å². The van der Waals surface area contributed by atoms with E-state index in [4.69, 9.17) is 0 Å². The standard InChI is InChI=1S/C20H31N/c1-2-16-8-6-7-11-20(16)21-19-14-12-18(13-15-19)17-9-4-3-5-10-17/h3-5,9-10,16,18-21H,2,6-8,11-15H2,1H3. The van der Waals surface area contributed by atoms with Crippen molar-refractivity contribution in [3.8, 4) is 0 Å². The van der Waals surface area contributed by atoms with E-state index in [9.17, 15) is 0 Å². The van der Waals surface area contributed by atoms with Crippen LogP contribution in [0.3, 0.4) is 0 Å². The Morgan fingerprint density at radius 1 is 0.905 bits per heavy atom. The lowest BCUT2D eigenvalue weighted by Gasteiger charge is -2.37. The summed E-state index contributed by atoms with van der Waals surface area (Å²) in [6.45, 7) is 2.37. The van der Waals surface area contributed by atoms with Gasteiger partial charge in [0.2, 0.25) is 0 Å². The summed E-state index contributed by atoms with van der Waals surface area (Å²) >= 11 is 0. The smallest absolute Gasteiger partial charge is 0.00978 e. The predicted molar refractivity (Wildman–Crippen MR) is 90.6 cm³/mol. The number of rotatable bonds is 4. The maximum atomic E-state index is 4.03. The summed E-state index contributed by atoms with van der Waals surface area (Å²) in [5.41, 5.74) is 1.56. The molecule has 0 amide bonds. The molecular formula is C20H31N. The molecule has 2 aliphatic rings. The average molecular weight is 285 g/mol. The molecule has 2 atom stereocenters. The molecule has 21 heavy (non-hydrogen) atoms. The summed E-state index contributed by atoms with van der Waals surface area (Å²) in [4.78, 5) is 0. The SMILES string of the molecule is CCC1CCCCC1NC1CCC(c2ccccc2)CC1. The van der Waals surface area contributed by atoms with Gasteiger partial charge < -0.3 is 5.32 Å². The van der Waals surface area contributed by atoms with Crippen molar-refractivity contribution < 1.29 is 0 Å². The van der Waals surface area contributed by atoms with Gasteiger partial charge in [0.25, 0.3) is 0 Å². The van der Waals surface area contributed by atoms with Crippen LogP contribution in [0.2, 0.25) is 0 Å². The zero-order chi connectivity index (χ0) is 14.5. The quantitative estimate of drug-likeness (QED) is 0.794. The Balaban J connectivity index is 1.49. The summed E-state index contributed by atoms with van der Waals surface area (Å²) in [6, 6.07) is 12.7. The first-order valence-corrected chi connectivity index (χ1v) is 9.17. The van der Waals surface area contributed by atoms with Crippen LogP contribution in [0.25, 0.3) is 0 Å². The van der Waals surface area contributed by atoms with Gasteiger partial charge in [-0.25, -0.2) is 0 Å². The van der Waals surface area contributed by atoms with Crippen LogP contribution in [-0.4, -0.2) is 12.1 Å². The third kappa shape index (κ3) is 3.88. The fraction of sp³-hybridized carbons (Fsp3) is 0.700. The topological polar surface area (TPSA) is 12.0 Å². The molecule has 0 aliphatic heterocycles. The molecular weight excluding hydrogens is 254 g/mol. The Kier molecular flexibility index (Phi) is 5.35. The van der Waals surface area contributed by atoms with Crippen LogP contribution in [0.1, 0.15) is 76.2 Å². The molecule has 1 N–H and O–H groups in total. The molecule has 0 radical (unpaired) electrons. The van der Waals surface area contributed by atoms with Gasteiger partial charge in [-0.15, -0.1) is 0 Å². The molecule has 0 aromatic heterocycles. The Morgan fingerprint density at radius 3 is 2.33 bits per heavy atom. The van der Waals surface area contributed by atoms with E-state index in [1.54, 1.807) is 5.56 Å². The first-order valence-electron chi connectivity index (χ1n) is 9.17. The minimum Gasteiger partial charge on any atom is -0.311 e. The highest BCUT2D eigenvalue weighted by atomic mass is 15.0. The van der Waals surface area contributed by atoms with E-state index in [-0.39, 0.29) is 0 Å². The van der Waals surface area contributed by atoms with Gasteiger partial charge in [0, 0.05) is 12.1 Å². The van der Waals surface area contributed by atoms with Gasteiger partial charge in [0.1, 0.15) is 0 Å². The van der Waals surface area contributed by atoms with Crippen molar-refractivity contribution in [2.45, 2.75) is 82.7 Å². The van der Waals surface area contributed by atoms with E-state index in [0.29, 0.717) is 0 Å². The largest absolute Gasteiger partial charge is 0.311 e. The number of nitrogens with one attached hydrogen (secondary N) is 1. The van der Waals surface area contributed by atoms with Crippen molar-refractivity contribution in [2.24, 2.45) is 5.92 Å². The molecule has 0 spiro atoms. The molecule has 116 valence electrons. The number of benzene rings is 1. The summed E-state index contributed by atoms with van der Waals surface area (Å²) in [7, 11) is 0. The molecule has 2 aliphatic carbocycles. The van der Waals surface area contributed by atoms with Gasteiger partial charge in [-0.3, -0.25) is 0 Å². The molecule has 1 aromatic rings. The molecule has 2 unspecified atom stereocenters. The van der Waals surface area contributed by atoms with Gasteiger partial charge in [-0.05, 0) is 55.9 Å². The van der Waals surface area contributed by atoms with E-state index >= 15 is 0 Å². The van der Waals surface area contributed by atoms with Crippen LogP contribution in [0.4, 0.5) is 0 Å². The molecule has 0 heterocycles. The van der Waals surface area contributed by atoms with Gasteiger partial charge in [-0.1, -0.05) is 56.5 Å². The average Bonchev–Trinajstić information content (AvgIpc) is 2.57. The van der Waals surface area contributed by atoms with Gasteiger partial charge >= 0.3 is 0 Å². The summed E-state index contributed by atoms with van der Waals surface area (Å²) < 4.78 is 0. The summed E-state index contributed by atoms with van der Waals surface area (Å²) in [6.07, 6.45) is 12.6.